The molecule has 2 rings (SSSR count). The molecular weight excluding hydrogens is 416 g/mol. The van der Waals surface area contributed by atoms with Gasteiger partial charge in [0.05, 0.1) is 0 Å². The van der Waals surface area contributed by atoms with Gasteiger partial charge in [0.1, 0.15) is 0 Å². The lowest BCUT2D eigenvalue weighted by Crippen LogP contribution is -2.36. The fourth-order valence-electron chi connectivity index (χ4n) is 3.10. The molecule has 180 valence electrons. The Morgan fingerprint density at radius 2 is 0.848 bits per heavy atom. The van der Waals surface area contributed by atoms with Crippen molar-refractivity contribution in [2.45, 2.75) is 32.4 Å². The van der Waals surface area contributed by atoms with Gasteiger partial charge in [-0.25, -0.2) is 9.59 Å². The van der Waals surface area contributed by atoms with E-state index in [1.54, 1.807) is 0 Å². The molecule has 0 radical (unpaired) electrons. The van der Waals surface area contributed by atoms with Crippen LogP contribution in [0.1, 0.15) is 30.4 Å². The van der Waals surface area contributed by atoms with E-state index < -0.39 is 0 Å². The molecule has 0 aliphatic rings. The quantitative estimate of drug-likeness (QED) is 0.219. The second-order valence-electron chi connectivity index (χ2n) is 7.75. The van der Waals surface area contributed by atoms with Crippen molar-refractivity contribution < 1.29 is 9.59 Å². The Labute approximate surface area is 197 Å². The molecule has 33 heavy (non-hydrogen) atoms. The van der Waals surface area contributed by atoms with Crippen molar-refractivity contribution in [3.05, 3.63) is 71.8 Å². The van der Waals surface area contributed by atoms with Crippen LogP contribution in [0, 0.1) is 0 Å². The third-order valence-corrected chi connectivity index (χ3v) is 4.93. The van der Waals surface area contributed by atoms with E-state index in [0.717, 1.165) is 56.6 Å². The van der Waals surface area contributed by atoms with Crippen molar-refractivity contribution in [2.75, 3.05) is 39.3 Å². The summed E-state index contributed by atoms with van der Waals surface area (Å²) in [6, 6.07) is 19.5. The summed E-state index contributed by atoms with van der Waals surface area (Å²) >= 11 is 0. The lowest BCUT2D eigenvalue weighted by atomic mass is 10.2. The van der Waals surface area contributed by atoms with Gasteiger partial charge in [-0.05, 0) is 56.6 Å². The lowest BCUT2D eigenvalue weighted by molar-refractivity contribution is 0.239. The number of hydrogen-bond donors (Lipinski definition) is 6. The van der Waals surface area contributed by atoms with Crippen molar-refractivity contribution >= 4 is 12.1 Å². The average Bonchev–Trinajstić information content (AvgIpc) is 2.85. The maximum Gasteiger partial charge on any atom is 0.315 e. The van der Waals surface area contributed by atoms with Crippen LogP contribution in [0.15, 0.2) is 60.7 Å². The monoisotopic (exact) mass is 454 g/mol. The van der Waals surface area contributed by atoms with Gasteiger partial charge in [-0.1, -0.05) is 60.7 Å². The van der Waals surface area contributed by atoms with E-state index >= 15 is 0 Å². The Hall–Kier alpha value is -3.10. The fraction of sp³-hybridized carbons (Fsp3) is 0.440. The van der Waals surface area contributed by atoms with Crippen LogP contribution in [0.2, 0.25) is 0 Å². The van der Waals surface area contributed by atoms with E-state index in [4.69, 9.17) is 0 Å². The van der Waals surface area contributed by atoms with Gasteiger partial charge in [-0.15, -0.1) is 0 Å². The van der Waals surface area contributed by atoms with Crippen LogP contribution in [0.5, 0.6) is 0 Å². The molecule has 2 aromatic rings. The summed E-state index contributed by atoms with van der Waals surface area (Å²) in [7, 11) is 0. The largest absolute Gasteiger partial charge is 0.338 e. The van der Waals surface area contributed by atoms with Gasteiger partial charge in [0.25, 0.3) is 0 Å². The number of benzene rings is 2. The van der Waals surface area contributed by atoms with Crippen molar-refractivity contribution in [3.63, 3.8) is 0 Å². The molecule has 0 aliphatic heterocycles. The van der Waals surface area contributed by atoms with Gasteiger partial charge in [-0.3, -0.25) is 0 Å². The summed E-state index contributed by atoms with van der Waals surface area (Å²) < 4.78 is 0. The van der Waals surface area contributed by atoms with Gasteiger partial charge in [0.2, 0.25) is 0 Å². The molecular formula is C25H38N6O2. The molecule has 2 aromatic carbocycles. The number of urea groups is 2. The normalized spacial score (nSPS) is 10.4. The first-order valence-corrected chi connectivity index (χ1v) is 11.8. The summed E-state index contributed by atoms with van der Waals surface area (Å²) in [4.78, 5) is 23.5. The molecule has 8 nitrogen and oxygen atoms in total. The Kier molecular flexibility index (Phi) is 13.8. The zero-order valence-corrected chi connectivity index (χ0v) is 19.4. The first-order valence-electron chi connectivity index (χ1n) is 11.8. The standard InChI is InChI=1S/C25H38N6O2/c32-24(30-20-22-10-3-1-4-11-22)28-18-8-16-26-14-7-15-27-17-9-19-29-25(33)31-21-23-12-5-2-6-13-23/h1-6,10-13,26-27H,7-9,14-21H2,(H2,28,30,32)(H2,29,31,33). The average molecular weight is 455 g/mol. The van der Waals surface area contributed by atoms with Gasteiger partial charge >= 0.3 is 12.1 Å². The van der Waals surface area contributed by atoms with Gasteiger partial charge in [-0.2, -0.15) is 0 Å². The smallest absolute Gasteiger partial charge is 0.315 e. The SMILES string of the molecule is O=C(NCCCNCCCNCCCNC(=O)NCc1ccccc1)NCc1ccccc1. The highest BCUT2D eigenvalue weighted by Crippen LogP contribution is 1.97. The van der Waals surface area contributed by atoms with E-state index in [1.165, 1.54) is 0 Å². The number of hydrogen-bond acceptors (Lipinski definition) is 4. The minimum Gasteiger partial charge on any atom is -0.338 e. The number of nitrogens with one attached hydrogen (secondary N) is 6. The first kappa shape index (κ1) is 26.2. The summed E-state index contributed by atoms with van der Waals surface area (Å²) in [6.45, 7) is 6.00. The number of carbonyl (C=O) groups excluding carboxylic acids is 2. The van der Waals surface area contributed by atoms with Crippen molar-refractivity contribution in [3.8, 4) is 0 Å². The Morgan fingerprint density at radius 3 is 1.24 bits per heavy atom. The number of rotatable bonds is 16. The van der Waals surface area contributed by atoms with Crippen molar-refractivity contribution in [1.82, 2.24) is 31.9 Å². The highest BCUT2D eigenvalue weighted by atomic mass is 16.2. The molecule has 0 spiro atoms. The molecule has 4 amide bonds. The highest BCUT2D eigenvalue weighted by Gasteiger charge is 2.00. The van der Waals surface area contributed by atoms with Crippen LogP contribution in [0.25, 0.3) is 0 Å². The van der Waals surface area contributed by atoms with Gasteiger partial charge in [0.15, 0.2) is 0 Å². The minimum atomic E-state index is -0.133. The summed E-state index contributed by atoms with van der Waals surface area (Å²) in [6.07, 6.45) is 2.82. The molecule has 0 heterocycles. The second kappa shape index (κ2) is 17.5. The fourth-order valence-corrected chi connectivity index (χ4v) is 3.10. The van der Waals surface area contributed by atoms with Crippen LogP contribution < -0.4 is 31.9 Å². The van der Waals surface area contributed by atoms with Gasteiger partial charge < -0.3 is 31.9 Å². The molecule has 0 unspecified atom stereocenters. The minimum absolute atomic E-state index is 0.133. The van der Waals surface area contributed by atoms with Crippen molar-refractivity contribution in [2.24, 2.45) is 0 Å². The van der Waals surface area contributed by atoms with E-state index in [2.05, 4.69) is 31.9 Å². The van der Waals surface area contributed by atoms with Crippen LogP contribution in [0.3, 0.4) is 0 Å². The van der Waals surface area contributed by atoms with Crippen molar-refractivity contribution in [1.29, 1.82) is 0 Å². The maximum absolute atomic E-state index is 11.7. The Balaban J connectivity index is 1.29. The highest BCUT2D eigenvalue weighted by molar-refractivity contribution is 5.74. The predicted octanol–water partition coefficient (Wildman–Crippen LogP) is 2.33. The van der Waals surface area contributed by atoms with E-state index in [0.29, 0.717) is 26.2 Å². The number of amides is 4. The molecule has 0 atom stereocenters. The topological polar surface area (TPSA) is 106 Å². The predicted molar refractivity (Wildman–Crippen MR) is 133 cm³/mol. The van der Waals surface area contributed by atoms with Crippen LogP contribution in [-0.2, 0) is 13.1 Å². The molecule has 0 aliphatic carbocycles. The summed E-state index contributed by atoms with van der Waals surface area (Å²) in [5.41, 5.74) is 2.17. The van der Waals surface area contributed by atoms with Gasteiger partial charge in [0, 0.05) is 26.2 Å². The zero-order chi connectivity index (χ0) is 23.4. The Bertz CT molecular complexity index is 707. The van der Waals surface area contributed by atoms with E-state index in [9.17, 15) is 9.59 Å². The first-order chi connectivity index (χ1) is 16.2. The molecule has 6 N–H and O–H groups in total. The molecule has 0 bridgehead atoms. The molecule has 0 fully saturated rings. The molecule has 0 saturated carbocycles. The molecule has 8 heteroatoms. The lowest BCUT2D eigenvalue weighted by Gasteiger charge is -2.09. The van der Waals surface area contributed by atoms with E-state index in [1.807, 2.05) is 60.7 Å². The summed E-state index contributed by atoms with van der Waals surface area (Å²) in [5, 5.41) is 18.2. The van der Waals surface area contributed by atoms with Crippen LogP contribution in [0.4, 0.5) is 9.59 Å². The Morgan fingerprint density at radius 1 is 0.485 bits per heavy atom. The molecule has 0 aromatic heterocycles. The maximum atomic E-state index is 11.7. The van der Waals surface area contributed by atoms with Crippen LogP contribution in [-0.4, -0.2) is 51.3 Å². The summed E-state index contributed by atoms with van der Waals surface area (Å²) in [5.74, 6) is 0. The van der Waals surface area contributed by atoms with Crippen LogP contribution >= 0.6 is 0 Å². The third kappa shape index (κ3) is 13.8. The second-order valence-corrected chi connectivity index (χ2v) is 7.75. The third-order valence-electron chi connectivity index (χ3n) is 4.93. The number of carbonyl (C=O) groups is 2. The van der Waals surface area contributed by atoms with E-state index in [-0.39, 0.29) is 12.1 Å². The molecule has 0 saturated heterocycles. The zero-order valence-electron chi connectivity index (χ0n) is 19.4.